The number of nitrogens with two attached hydrogens (primary N) is 1. The van der Waals surface area contributed by atoms with Crippen LogP contribution in [0.3, 0.4) is 0 Å². The van der Waals surface area contributed by atoms with Crippen LogP contribution in [-0.2, 0) is 13.6 Å². The fraction of sp³-hybridized carbons (Fsp3) is 0.818. The standard InChI is InChI=1S/C22H42FN3O4Si2/c1-20(2,3)31(8,9)28-14-15-17(30-32(10,11)21(4,5)6)22(7,23)18(29-15)26-13-12-16(24)25-19(26)27/h12-13,15,17-18H,14H2,1-11H3,(H2,24,25,27)/t15-,17?,18-,22?/m1/s1. The lowest BCUT2D eigenvalue weighted by Crippen LogP contribution is -2.53. The first kappa shape index (κ1) is 27.2. The fourth-order valence-electron chi connectivity index (χ4n) is 3.13. The number of aromatic nitrogens is 2. The molecule has 0 saturated carbocycles. The molecule has 0 radical (unpaired) electrons. The minimum Gasteiger partial charge on any atom is -0.414 e. The van der Waals surface area contributed by atoms with Crippen molar-refractivity contribution in [1.82, 2.24) is 9.55 Å². The number of anilines is 1. The Kier molecular flexibility index (Phi) is 7.31. The van der Waals surface area contributed by atoms with E-state index in [4.69, 9.17) is 19.3 Å². The van der Waals surface area contributed by atoms with Gasteiger partial charge in [-0.05, 0) is 49.3 Å². The molecule has 1 aliphatic rings. The summed E-state index contributed by atoms with van der Waals surface area (Å²) >= 11 is 0. The van der Waals surface area contributed by atoms with E-state index in [0.717, 1.165) is 4.57 Å². The van der Waals surface area contributed by atoms with Gasteiger partial charge in [-0.1, -0.05) is 41.5 Å². The van der Waals surface area contributed by atoms with Crippen LogP contribution in [0.1, 0.15) is 54.7 Å². The highest BCUT2D eigenvalue weighted by Crippen LogP contribution is 2.47. The number of nitrogen functional groups attached to an aromatic ring is 1. The third-order valence-corrected chi connectivity index (χ3v) is 16.4. The van der Waals surface area contributed by atoms with Crippen molar-refractivity contribution in [2.24, 2.45) is 0 Å². The van der Waals surface area contributed by atoms with Gasteiger partial charge >= 0.3 is 5.69 Å². The molecule has 0 aromatic carbocycles. The van der Waals surface area contributed by atoms with Gasteiger partial charge in [0.05, 0.1) is 6.61 Å². The minimum atomic E-state index is -2.35. The second-order valence-electron chi connectivity index (χ2n) is 12.1. The predicted molar refractivity (Wildman–Crippen MR) is 132 cm³/mol. The summed E-state index contributed by atoms with van der Waals surface area (Å²) in [6.07, 6.45) is -1.32. The van der Waals surface area contributed by atoms with Crippen molar-refractivity contribution in [3.8, 4) is 0 Å². The van der Waals surface area contributed by atoms with Gasteiger partial charge in [-0.3, -0.25) is 4.57 Å². The van der Waals surface area contributed by atoms with Crippen LogP contribution in [-0.4, -0.2) is 50.7 Å². The smallest absolute Gasteiger partial charge is 0.351 e. The van der Waals surface area contributed by atoms with Gasteiger partial charge in [-0.25, -0.2) is 9.18 Å². The topological polar surface area (TPSA) is 88.6 Å². The Hall–Kier alpha value is -1.08. The fourth-order valence-corrected chi connectivity index (χ4v) is 5.52. The van der Waals surface area contributed by atoms with Crippen LogP contribution in [0.15, 0.2) is 17.1 Å². The number of ether oxygens (including phenoxy) is 1. The van der Waals surface area contributed by atoms with Gasteiger partial charge in [0, 0.05) is 6.20 Å². The highest BCUT2D eigenvalue weighted by Gasteiger charge is 2.59. The van der Waals surface area contributed by atoms with Crippen molar-refractivity contribution in [2.75, 3.05) is 12.3 Å². The number of halogens is 1. The molecule has 7 nitrogen and oxygen atoms in total. The average molecular weight is 488 g/mol. The molecule has 0 bridgehead atoms. The van der Waals surface area contributed by atoms with Crippen LogP contribution < -0.4 is 11.4 Å². The minimum absolute atomic E-state index is 0.00236. The third-order valence-electron chi connectivity index (χ3n) is 7.43. The summed E-state index contributed by atoms with van der Waals surface area (Å²) in [7, 11) is -4.46. The Balaban J connectivity index is 2.45. The van der Waals surface area contributed by atoms with E-state index in [2.05, 4.69) is 72.7 Å². The van der Waals surface area contributed by atoms with Crippen molar-refractivity contribution < 1.29 is 18.0 Å². The van der Waals surface area contributed by atoms with Crippen molar-refractivity contribution in [3.63, 3.8) is 0 Å². The van der Waals surface area contributed by atoms with E-state index in [-0.39, 0.29) is 22.5 Å². The molecule has 1 aromatic rings. The molecule has 2 unspecified atom stereocenters. The Morgan fingerprint density at radius 1 is 1.16 bits per heavy atom. The monoisotopic (exact) mass is 487 g/mol. The van der Waals surface area contributed by atoms with Gasteiger partial charge < -0.3 is 19.3 Å². The van der Waals surface area contributed by atoms with Crippen LogP contribution in [0.4, 0.5) is 10.2 Å². The molecule has 10 heteroatoms. The SMILES string of the molecule is CC1(F)C(O[Si](C)(C)C(C)(C)C)[C@@H](CO[Si](C)(C)C(C)(C)C)O[C@H]1n1ccc(N)nc1=O. The largest absolute Gasteiger partial charge is 0.414 e. The number of nitrogens with zero attached hydrogens (tertiary/aromatic N) is 2. The molecule has 32 heavy (non-hydrogen) atoms. The maximum atomic E-state index is 16.4. The van der Waals surface area contributed by atoms with Gasteiger partial charge in [-0.2, -0.15) is 4.98 Å². The van der Waals surface area contributed by atoms with Gasteiger partial charge in [0.2, 0.25) is 0 Å². The maximum Gasteiger partial charge on any atom is 0.351 e. The third kappa shape index (κ3) is 5.35. The van der Waals surface area contributed by atoms with Gasteiger partial charge in [0.25, 0.3) is 0 Å². The summed E-state index contributed by atoms with van der Waals surface area (Å²) in [6.45, 7) is 22.9. The molecule has 1 fully saturated rings. The molecule has 4 atom stereocenters. The van der Waals surface area contributed by atoms with Crippen LogP contribution in [0, 0.1) is 0 Å². The number of alkyl halides is 1. The quantitative estimate of drug-likeness (QED) is 0.576. The lowest BCUT2D eigenvalue weighted by Gasteiger charge is -2.42. The predicted octanol–water partition coefficient (Wildman–Crippen LogP) is 4.86. The van der Waals surface area contributed by atoms with E-state index in [1.807, 2.05) is 0 Å². The summed E-state index contributed by atoms with van der Waals surface area (Å²) < 4.78 is 36.7. The molecule has 0 amide bonds. The van der Waals surface area contributed by atoms with E-state index in [1.54, 1.807) is 0 Å². The highest BCUT2D eigenvalue weighted by molar-refractivity contribution is 6.74. The number of hydrogen-bond acceptors (Lipinski definition) is 6. The van der Waals surface area contributed by atoms with Gasteiger partial charge in [0.15, 0.2) is 28.5 Å². The molecule has 2 heterocycles. The van der Waals surface area contributed by atoms with Gasteiger partial charge in [0.1, 0.15) is 18.0 Å². The number of hydrogen-bond donors (Lipinski definition) is 1. The molecule has 184 valence electrons. The molecule has 0 aliphatic carbocycles. The van der Waals surface area contributed by atoms with Crippen molar-refractivity contribution in [2.45, 2.75) is 109 Å². The maximum absolute atomic E-state index is 16.4. The van der Waals surface area contributed by atoms with Crippen molar-refractivity contribution in [3.05, 3.63) is 22.7 Å². The van der Waals surface area contributed by atoms with E-state index in [0.29, 0.717) is 0 Å². The lowest BCUT2D eigenvalue weighted by molar-refractivity contribution is -0.0596. The first-order valence-electron chi connectivity index (χ1n) is 11.2. The Morgan fingerprint density at radius 2 is 1.69 bits per heavy atom. The second kappa shape index (κ2) is 8.61. The highest BCUT2D eigenvalue weighted by atomic mass is 28.4. The summed E-state index contributed by atoms with van der Waals surface area (Å²) in [5, 5.41) is -0.122. The first-order chi connectivity index (χ1) is 14.2. The molecular weight excluding hydrogens is 445 g/mol. The Bertz CT molecular complexity index is 875. The molecule has 0 spiro atoms. The molecule has 2 N–H and O–H groups in total. The molecule has 1 aliphatic heterocycles. The van der Waals surface area contributed by atoms with Crippen LogP contribution in [0.5, 0.6) is 0 Å². The number of rotatable bonds is 6. The summed E-state index contributed by atoms with van der Waals surface area (Å²) in [4.78, 5) is 16.2. The average Bonchev–Trinajstić information content (AvgIpc) is 2.82. The molecule has 1 aromatic heterocycles. The zero-order chi connectivity index (χ0) is 24.9. The zero-order valence-electron chi connectivity index (χ0n) is 21.6. The summed E-state index contributed by atoms with van der Waals surface area (Å²) in [5.74, 6) is 0.0803. The second-order valence-corrected chi connectivity index (χ2v) is 21.7. The van der Waals surface area contributed by atoms with E-state index < -0.39 is 46.4 Å². The van der Waals surface area contributed by atoms with Crippen LogP contribution in [0.2, 0.25) is 36.3 Å². The molecule has 1 saturated heterocycles. The Morgan fingerprint density at radius 3 is 2.16 bits per heavy atom. The van der Waals surface area contributed by atoms with E-state index in [1.165, 1.54) is 19.2 Å². The molecule has 2 rings (SSSR count). The zero-order valence-corrected chi connectivity index (χ0v) is 23.6. The lowest BCUT2D eigenvalue weighted by atomic mass is 9.98. The summed E-state index contributed by atoms with van der Waals surface area (Å²) in [5.41, 5.74) is 2.99. The first-order valence-corrected chi connectivity index (χ1v) is 17.0. The Labute approximate surface area is 194 Å². The van der Waals surface area contributed by atoms with E-state index in [9.17, 15) is 4.79 Å². The van der Waals surface area contributed by atoms with Gasteiger partial charge in [-0.15, -0.1) is 0 Å². The van der Waals surface area contributed by atoms with E-state index >= 15 is 4.39 Å². The normalized spacial score (nSPS) is 27.7. The summed E-state index contributed by atoms with van der Waals surface area (Å²) in [6, 6.07) is 1.46. The van der Waals surface area contributed by atoms with Crippen molar-refractivity contribution >= 4 is 22.5 Å². The van der Waals surface area contributed by atoms with Crippen molar-refractivity contribution in [1.29, 1.82) is 0 Å². The van der Waals surface area contributed by atoms with Crippen LogP contribution >= 0.6 is 0 Å². The molecular formula is C22H42FN3O4Si2. The van der Waals surface area contributed by atoms with Crippen LogP contribution in [0.25, 0.3) is 0 Å².